The van der Waals surface area contributed by atoms with Gasteiger partial charge in [-0.3, -0.25) is 4.79 Å². The third-order valence-electron chi connectivity index (χ3n) is 4.57. The number of hydrogen-bond acceptors (Lipinski definition) is 2. The predicted molar refractivity (Wildman–Crippen MR) is 96.3 cm³/mol. The van der Waals surface area contributed by atoms with Gasteiger partial charge < -0.3 is 4.90 Å². The lowest BCUT2D eigenvalue weighted by Crippen LogP contribution is -2.27. The summed E-state index contributed by atoms with van der Waals surface area (Å²) in [5.41, 5.74) is 1.21. The van der Waals surface area contributed by atoms with Crippen LogP contribution in [-0.4, -0.2) is 23.1 Å². The van der Waals surface area contributed by atoms with Crippen molar-refractivity contribution in [3.05, 3.63) is 66.2 Å². The highest BCUT2D eigenvalue weighted by Crippen LogP contribution is 2.33. The second-order valence-electron chi connectivity index (χ2n) is 6.10. The van der Waals surface area contributed by atoms with Gasteiger partial charge in [0, 0.05) is 23.7 Å². The summed E-state index contributed by atoms with van der Waals surface area (Å²) in [5, 5.41) is 0. The monoisotopic (exact) mass is 325 g/mol. The molecule has 120 valence electrons. The quantitative estimate of drug-likeness (QED) is 0.731. The molecule has 0 saturated carbocycles. The van der Waals surface area contributed by atoms with E-state index in [4.69, 9.17) is 0 Å². The summed E-state index contributed by atoms with van der Waals surface area (Å²) in [4.78, 5) is 16.1. The number of amides is 1. The van der Waals surface area contributed by atoms with Crippen molar-refractivity contribution in [3.63, 3.8) is 0 Å². The standard InChI is InChI=1S/C20H23NOS/c1-2-17-14-21(13-16-9-5-3-6-10-16)20(22)19(17)15-23-18-11-7-4-8-12-18/h3-12,17,19H,2,13-15H2,1H3/t17-,19-/m1/s1. The Balaban J connectivity index is 1.64. The molecule has 0 aromatic heterocycles. The van der Waals surface area contributed by atoms with Gasteiger partial charge in [-0.15, -0.1) is 11.8 Å². The summed E-state index contributed by atoms with van der Waals surface area (Å²) in [6.07, 6.45) is 1.07. The van der Waals surface area contributed by atoms with Gasteiger partial charge >= 0.3 is 0 Å². The first-order chi connectivity index (χ1) is 11.3. The first kappa shape index (κ1) is 16.1. The summed E-state index contributed by atoms with van der Waals surface area (Å²) in [6, 6.07) is 20.7. The van der Waals surface area contributed by atoms with E-state index < -0.39 is 0 Å². The van der Waals surface area contributed by atoms with Crippen LogP contribution in [0.3, 0.4) is 0 Å². The molecule has 2 aromatic carbocycles. The summed E-state index contributed by atoms with van der Waals surface area (Å²) >= 11 is 1.80. The van der Waals surface area contributed by atoms with Crippen molar-refractivity contribution < 1.29 is 4.79 Å². The molecule has 3 rings (SSSR count). The van der Waals surface area contributed by atoms with Crippen LogP contribution in [0, 0.1) is 11.8 Å². The first-order valence-electron chi connectivity index (χ1n) is 8.28. The van der Waals surface area contributed by atoms with Crippen LogP contribution in [-0.2, 0) is 11.3 Å². The lowest BCUT2D eigenvalue weighted by Gasteiger charge is -2.16. The maximum Gasteiger partial charge on any atom is 0.227 e. The average molecular weight is 325 g/mol. The van der Waals surface area contributed by atoms with Gasteiger partial charge in [-0.25, -0.2) is 0 Å². The smallest absolute Gasteiger partial charge is 0.227 e. The topological polar surface area (TPSA) is 20.3 Å². The highest BCUT2D eigenvalue weighted by atomic mass is 32.2. The Morgan fingerprint density at radius 3 is 2.35 bits per heavy atom. The van der Waals surface area contributed by atoms with E-state index in [1.165, 1.54) is 10.5 Å². The number of nitrogens with zero attached hydrogens (tertiary/aromatic N) is 1. The maximum atomic E-state index is 12.8. The Hall–Kier alpha value is -1.74. The zero-order chi connectivity index (χ0) is 16.1. The minimum atomic E-state index is 0.147. The fourth-order valence-electron chi connectivity index (χ4n) is 3.21. The van der Waals surface area contributed by atoms with Crippen LogP contribution >= 0.6 is 11.8 Å². The third-order valence-corrected chi connectivity index (χ3v) is 5.70. The van der Waals surface area contributed by atoms with Gasteiger partial charge in [0.05, 0.1) is 5.92 Å². The second-order valence-corrected chi connectivity index (χ2v) is 7.20. The van der Waals surface area contributed by atoms with Crippen molar-refractivity contribution in [3.8, 4) is 0 Å². The van der Waals surface area contributed by atoms with Crippen molar-refractivity contribution in [2.45, 2.75) is 24.8 Å². The average Bonchev–Trinajstić information content (AvgIpc) is 2.90. The molecule has 2 aromatic rings. The molecule has 1 heterocycles. The number of rotatable bonds is 6. The number of benzene rings is 2. The number of likely N-dealkylation sites (tertiary alicyclic amines) is 1. The maximum absolute atomic E-state index is 12.8. The van der Waals surface area contributed by atoms with Gasteiger partial charge in [-0.05, 0) is 23.6 Å². The molecule has 1 aliphatic heterocycles. The van der Waals surface area contributed by atoms with E-state index >= 15 is 0 Å². The molecule has 0 aliphatic carbocycles. The molecule has 1 saturated heterocycles. The third kappa shape index (κ3) is 3.97. The molecule has 0 unspecified atom stereocenters. The van der Waals surface area contributed by atoms with Gasteiger partial charge in [0.2, 0.25) is 5.91 Å². The molecule has 23 heavy (non-hydrogen) atoms. The lowest BCUT2D eigenvalue weighted by molar-refractivity contribution is -0.131. The molecule has 2 nitrogen and oxygen atoms in total. The normalized spacial score (nSPS) is 20.9. The van der Waals surface area contributed by atoms with Gasteiger partial charge in [0.25, 0.3) is 0 Å². The fraction of sp³-hybridized carbons (Fsp3) is 0.350. The van der Waals surface area contributed by atoms with E-state index in [1.807, 2.05) is 29.2 Å². The molecular formula is C20H23NOS. The molecule has 1 amide bonds. The van der Waals surface area contributed by atoms with Gasteiger partial charge in [0.15, 0.2) is 0 Å². The Morgan fingerprint density at radius 1 is 1.04 bits per heavy atom. The van der Waals surface area contributed by atoms with E-state index in [9.17, 15) is 4.79 Å². The van der Waals surface area contributed by atoms with Gasteiger partial charge in [0.1, 0.15) is 0 Å². The number of hydrogen-bond donors (Lipinski definition) is 0. The molecule has 1 aliphatic rings. The van der Waals surface area contributed by atoms with Crippen molar-refractivity contribution in [2.75, 3.05) is 12.3 Å². The van der Waals surface area contributed by atoms with Crippen molar-refractivity contribution in [1.29, 1.82) is 0 Å². The Kier molecular flexibility index (Phi) is 5.39. The van der Waals surface area contributed by atoms with Crippen LogP contribution < -0.4 is 0 Å². The Morgan fingerprint density at radius 2 is 1.70 bits per heavy atom. The lowest BCUT2D eigenvalue weighted by atomic mass is 9.95. The second kappa shape index (κ2) is 7.69. The van der Waals surface area contributed by atoms with Crippen LogP contribution in [0.2, 0.25) is 0 Å². The Labute approximate surface area is 142 Å². The number of carbonyl (C=O) groups is 1. The number of carbonyl (C=O) groups excluding carboxylic acids is 1. The van der Waals surface area contributed by atoms with Crippen LogP contribution in [0.5, 0.6) is 0 Å². The summed E-state index contributed by atoms with van der Waals surface area (Å²) in [7, 11) is 0. The van der Waals surface area contributed by atoms with E-state index in [0.717, 1.165) is 25.3 Å². The van der Waals surface area contributed by atoms with Crippen molar-refractivity contribution >= 4 is 17.7 Å². The fourth-order valence-corrected chi connectivity index (χ4v) is 4.34. The minimum Gasteiger partial charge on any atom is -0.338 e. The molecule has 0 radical (unpaired) electrons. The van der Waals surface area contributed by atoms with Crippen molar-refractivity contribution in [2.24, 2.45) is 11.8 Å². The molecular weight excluding hydrogens is 302 g/mol. The molecule has 0 spiro atoms. The zero-order valence-corrected chi connectivity index (χ0v) is 14.3. The summed E-state index contributed by atoms with van der Waals surface area (Å²) < 4.78 is 0. The van der Waals surface area contributed by atoms with E-state index in [-0.39, 0.29) is 5.92 Å². The molecule has 2 atom stereocenters. The van der Waals surface area contributed by atoms with E-state index in [2.05, 4.69) is 43.3 Å². The largest absolute Gasteiger partial charge is 0.338 e. The van der Waals surface area contributed by atoms with E-state index in [1.54, 1.807) is 11.8 Å². The molecule has 1 fully saturated rings. The molecule has 0 N–H and O–H groups in total. The van der Waals surface area contributed by atoms with E-state index in [0.29, 0.717) is 11.8 Å². The highest BCUT2D eigenvalue weighted by molar-refractivity contribution is 7.99. The number of thioether (sulfide) groups is 1. The van der Waals surface area contributed by atoms with Crippen LogP contribution in [0.1, 0.15) is 18.9 Å². The highest BCUT2D eigenvalue weighted by Gasteiger charge is 2.38. The SMILES string of the molecule is CC[C@@H]1CN(Cc2ccccc2)C(=O)[C@@H]1CSc1ccccc1. The zero-order valence-electron chi connectivity index (χ0n) is 13.5. The van der Waals surface area contributed by atoms with Crippen LogP contribution in [0.4, 0.5) is 0 Å². The first-order valence-corrected chi connectivity index (χ1v) is 9.27. The summed E-state index contributed by atoms with van der Waals surface area (Å²) in [5.74, 6) is 1.83. The predicted octanol–water partition coefficient (Wildman–Crippen LogP) is 4.46. The Bertz CT molecular complexity index is 629. The van der Waals surface area contributed by atoms with Gasteiger partial charge in [-0.1, -0.05) is 61.9 Å². The van der Waals surface area contributed by atoms with Crippen LogP contribution in [0.25, 0.3) is 0 Å². The van der Waals surface area contributed by atoms with Crippen molar-refractivity contribution in [1.82, 2.24) is 4.90 Å². The minimum absolute atomic E-state index is 0.147. The summed E-state index contributed by atoms with van der Waals surface area (Å²) in [6.45, 7) is 3.83. The molecule has 0 bridgehead atoms. The van der Waals surface area contributed by atoms with Gasteiger partial charge in [-0.2, -0.15) is 0 Å². The molecule has 3 heteroatoms. The van der Waals surface area contributed by atoms with Crippen LogP contribution in [0.15, 0.2) is 65.6 Å².